The second-order valence-electron chi connectivity index (χ2n) is 8.30. The predicted octanol–water partition coefficient (Wildman–Crippen LogP) is 4.41. The first kappa shape index (κ1) is 26.3. The molecule has 34 heavy (non-hydrogen) atoms. The molecule has 186 valence electrons. The number of benzene rings is 1. The molecular formula is C22H28FN2O7PS. The van der Waals surface area contributed by atoms with E-state index in [0.717, 1.165) is 0 Å². The van der Waals surface area contributed by atoms with Crippen molar-refractivity contribution in [1.29, 1.82) is 0 Å². The van der Waals surface area contributed by atoms with Crippen LogP contribution >= 0.6 is 19.8 Å². The van der Waals surface area contributed by atoms with Gasteiger partial charge in [0.2, 0.25) is 0 Å². The number of nitrogens with zero attached hydrogens (tertiary/aromatic N) is 1. The molecular weight excluding hydrogens is 486 g/mol. The van der Waals surface area contributed by atoms with Gasteiger partial charge in [0.15, 0.2) is 11.0 Å². The van der Waals surface area contributed by atoms with E-state index in [2.05, 4.69) is 4.98 Å². The molecule has 2 heterocycles. The van der Waals surface area contributed by atoms with Crippen LogP contribution in [0.2, 0.25) is 0 Å². The summed E-state index contributed by atoms with van der Waals surface area (Å²) in [5.74, 6) is -0.977. The number of carbonyl (C=O) groups excluding carboxylic acids is 1. The van der Waals surface area contributed by atoms with Crippen LogP contribution in [0.4, 0.5) is 4.39 Å². The van der Waals surface area contributed by atoms with Crippen LogP contribution in [0.1, 0.15) is 33.4 Å². The Balaban J connectivity index is 1.71. The minimum Gasteiger partial charge on any atom is -0.463 e. The lowest BCUT2D eigenvalue weighted by atomic mass is 10.2. The van der Waals surface area contributed by atoms with Crippen molar-refractivity contribution in [3.05, 3.63) is 57.7 Å². The van der Waals surface area contributed by atoms with Gasteiger partial charge in [-0.25, -0.2) is 8.96 Å². The lowest BCUT2D eigenvalue weighted by molar-refractivity contribution is -0.151. The maximum atomic E-state index is 14.7. The van der Waals surface area contributed by atoms with Gasteiger partial charge in [0.1, 0.15) is 11.9 Å². The summed E-state index contributed by atoms with van der Waals surface area (Å²) in [4.78, 5) is 26.1. The highest BCUT2D eigenvalue weighted by Gasteiger charge is 2.40. The van der Waals surface area contributed by atoms with Crippen molar-refractivity contribution in [1.82, 2.24) is 9.55 Å². The van der Waals surface area contributed by atoms with E-state index in [4.69, 9.17) is 30.7 Å². The van der Waals surface area contributed by atoms with Crippen LogP contribution in [-0.2, 0) is 23.4 Å². The summed E-state index contributed by atoms with van der Waals surface area (Å²) in [5.41, 5.74) is -0.404. The molecule has 5 atom stereocenters. The van der Waals surface area contributed by atoms with Gasteiger partial charge in [-0.1, -0.05) is 25.1 Å². The normalized spacial score (nSPS) is 22.8. The van der Waals surface area contributed by atoms with Crippen LogP contribution < -0.4 is 10.1 Å². The standard InChI is InChI=1S/C22H28FN2O7PS/c1-14(2)30-21(27)15(3)13-33(28,32-16-7-5-4-6-8-16)29-12-17-11-18(23)20(31-17)25-10-9-19(26)24-22(25)34/h4-10,14-15,17-18,20H,11-13H2,1-3H3,(H,24,26,34)/t15-,17+,18?,20-,33?/m1/s1. The highest BCUT2D eigenvalue weighted by molar-refractivity contribution is 7.71. The molecule has 3 rings (SSSR count). The van der Waals surface area contributed by atoms with Gasteiger partial charge in [-0.05, 0) is 38.2 Å². The SMILES string of the molecule is CC(C)OC(=O)[C@H](C)CP(=O)(OC[C@@H]1CC(F)[C@H](n2ccc(=O)[nH]c2=S)O1)Oc1ccccc1. The van der Waals surface area contributed by atoms with Crippen LogP contribution in [0.25, 0.3) is 0 Å². The van der Waals surface area contributed by atoms with Gasteiger partial charge in [0.05, 0.1) is 30.9 Å². The molecule has 0 amide bonds. The first-order chi connectivity index (χ1) is 16.1. The molecule has 0 spiro atoms. The number of esters is 1. The zero-order valence-electron chi connectivity index (χ0n) is 19.1. The number of ether oxygens (including phenoxy) is 2. The molecule has 0 saturated carbocycles. The zero-order valence-corrected chi connectivity index (χ0v) is 20.8. The first-order valence-corrected chi connectivity index (χ1v) is 13.0. The maximum absolute atomic E-state index is 14.7. The number of halogens is 1. The quantitative estimate of drug-likeness (QED) is 0.282. The van der Waals surface area contributed by atoms with Gasteiger partial charge in [-0.3, -0.25) is 23.7 Å². The Morgan fingerprint density at radius 3 is 2.65 bits per heavy atom. The third-order valence-electron chi connectivity index (χ3n) is 4.95. The topological polar surface area (TPSA) is 109 Å². The van der Waals surface area contributed by atoms with Gasteiger partial charge >= 0.3 is 13.6 Å². The van der Waals surface area contributed by atoms with E-state index in [0.29, 0.717) is 5.75 Å². The number of alkyl halides is 1. The molecule has 1 saturated heterocycles. The van der Waals surface area contributed by atoms with Crippen LogP contribution in [0, 0.1) is 10.7 Å². The van der Waals surface area contributed by atoms with Crippen molar-refractivity contribution in [3.8, 4) is 5.75 Å². The van der Waals surface area contributed by atoms with Gasteiger partial charge in [0.25, 0.3) is 5.56 Å². The predicted molar refractivity (Wildman–Crippen MR) is 125 cm³/mol. The lowest BCUT2D eigenvalue weighted by Crippen LogP contribution is -2.24. The fraction of sp³-hybridized carbons (Fsp3) is 0.500. The number of aromatic amines is 1. The molecule has 0 bridgehead atoms. The maximum Gasteiger partial charge on any atom is 0.380 e. The summed E-state index contributed by atoms with van der Waals surface area (Å²) in [6.45, 7) is 4.78. The van der Waals surface area contributed by atoms with Gasteiger partial charge in [-0.2, -0.15) is 0 Å². The van der Waals surface area contributed by atoms with Crippen LogP contribution in [0.15, 0.2) is 47.4 Å². The molecule has 0 aliphatic carbocycles. The number of H-pyrrole nitrogens is 1. The largest absolute Gasteiger partial charge is 0.463 e. The molecule has 1 aromatic heterocycles. The Hall–Kier alpha value is -2.33. The van der Waals surface area contributed by atoms with Crippen LogP contribution in [0.3, 0.4) is 0 Å². The fourth-order valence-electron chi connectivity index (χ4n) is 3.39. The van der Waals surface area contributed by atoms with Crippen molar-refractivity contribution < 1.29 is 32.3 Å². The number of nitrogens with one attached hydrogen (secondary N) is 1. The van der Waals surface area contributed by atoms with E-state index in [1.54, 1.807) is 51.1 Å². The summed E-state index contributed by atoms with van der Waals surface area (Å²) in [7, 11) is -3.85. The summed E-state index contributed by atoms with van der Waals surface area (Å²) in [5, 5.41) is 0. The fourth-order valence-corrected chi connectivity index (χ4v) is 5.55. The minimum atomic E-state index is -3.85. The summed E-state index contributed by atoms with van der Waals surface area (Å²) in [6.07, 6.45) is -2.48. The molecule has 1 aliphatic heterocycles. The Bertz CT molecular complexity index is 1140. The molecule has 2 unspecified atom stereocenters. The number of rotatable bonds is 10. The van der Waals surface area contributed by atoms with Crippen molar-refractivity contribution >= 4 is 25.8 Å². The second-order valence-corrected chi connectivity index (χ2v) is 10.7. The lowest BCUT2D eigenvalue weighted by Gasteiger charge is -2.24. The van der Waals surface area contributed by atoms with E-state index in [1.165, 1.54) is 16.8 Å². The number of para-hydroxylation sites is 1. The van der Waals surface area contributed by atoms with Crippen molar-refractivity contribution in [3.63, 3.8) is 0 Å². The van der Waals surface area contributed by atoms with E-state index < -0.39 is 43.5 Å². The van der Waals surface area contributed by atoms with E-state index in [9.17, 15) is 18.5 Å². The first-order valence-electron chi connectivity index (χ1n) is 10.9. The highest BCUT2D eigenvalue weighted by Crippen LogP contribution is 2.50. The zero-order chi connectivity index (χ0) is 24.9. The second kappa shape index (κ2) is 11.4. The number of carbonyl (C=O) groups is 1. The molecule has 1 aromatic carbocycles. The third kappa shape index (κ3) is 7.09. The molecule has 2 aromatic rings. The van der Waals surface area contributed by atoms with E-state index in [1.807, 2.05) is 0 Å². The number of hydrogen-bond donors (Lipinski definition) is 1. The molecule has 12 heteroatoms. The number of aromatic nitrogens is 2. The number of hydrogen-bond acceptors (Lipinski definition) is 8. The molecule has 9 nitrogen and oxygen atoms in total. The molecule has 1 fully saturated rings. The van der Waals surface area contributed by atoms with Gasteiger partial charge in [0, 0.05) is 18.7 Å². The highest BCUT2D eigenvalue weighted by atomic mass is 32.1. The third-order valence-corrected chi connectivity index (χ3v) is 7.29. The van der Waals surface area contributed by atoms with Gasteiger partial charge < -0.3 is 14.0 Å². The average molecular weight is 515 g/mol. The Kier molecular flexibility index (Phi) is 8.81. The summed E-state index contributed by atoms with van der Waals surface area (Å²) in [6, 6.07) is 9.65. The average Bonchev–Trinajstić information content (AvgIpc) is 3.13. The molecule has 1 N–H and O–H groups in total. The molecule has 1 aliphatic rings. The molecule has 0 radical (unpaired) electrons. The van der Waals surface area contributed by atoms with Crippen LogP contribution in [-0.4, -0.2) is 46.7 Å². The summed E-state index contributed by atoms with van der Waals surface area (Å²) < 4.78 is 51.9. The van der Waals surface area contributed by atoms with Crippen molar-refractivity contribution in [2.45, 2.75) is 51.8 Å². The monoisotopic (exact) mass is 514 g/mol. The Morgan fingerprint density at radius 2 is 2.00 bits per heavy atom. The van der Waals surface area contributed by atoms with Crippen LogP contribution in [0.5, 0.6) is 5.75 Å². The van der Waals surface area contributed by atoms with E-state index in [-0.39, 0.29) is 30.1 Å². The van der Waals surface area contributed by atoms with E-state index >= 15 is 0 Å². The minimum absolute atomic E-state index is 0.0253. The Morgan fingerprint density at radius 1 is 1.29 bits per heavy atom. The van der Waals surface area contributed by atoms with Crippen molar-refractivity contribution in [2.24, 2.45) is 5.92 Å². The summed E-state index contributed by atoms with van der Waals surface area (Å²) >= 11 is 5.09. The smallest absolute Gasteiger partial charge is 0.380 e. The Labute approximate surface area is 201 Å². The van der Waals surface area contributed by atoms with Crippen molar-refractivity contribution in [2.75, 3.05) is 12.8 Å². The van der Waals surface area contributed by atoms with Gasteiger partial charge in [-0.15, -0.1) is 0 Å².